The average Bonchev–Trinajstić information content (AvgIpc) is 2.24. The molecule has 1 heteroatoms. The standard InChI is InChI=1S/C15H29P/c1-13(2)16(14(3)4)12-8-11-15-9-6-5-7-10-15/h8,11,13-15H,5-7,9-10,12H2,1-4H3. The van der Waals surface area contributed by atoms with Gasteiger partial charge in [-0.15, -0.1) is 0 Å². The van der Waals surface area contributed by atoms with Gasteiger partial charge >= 0.3 is 0 Å². The van der Waals surface area contributed by atoms with Crippen LogP contribution in [0.4, 0.5) is 0 Å². The Labute approximate surface area is 104 Å². The Morgan fingerprint density at radius 2 is 1.56 bits per heavy atom. The lowest BCUT2D eigenvalue weighted by Gasteiger charge is -2.25. The van der Waals surface area contributed by atoms with Gasteiger partial charge in [0.25, 0.3) is 0 Å². The molecule has 1 fully saturated rings. The summed E-state index contributed by atoms with van der Waals surface area (Å²) in [5.74, 6) is 0.907. The maximum atomic E-state index is 2.53. The van der Waals surface area contributed by atoms with Crippen LogP contribution in [0, 0.1) is 5.92 Å². The molecule has 1 aliphatic carbocycles. The molecule has 94 valence electrons. The van der Waals surface area contributed by atoms with Crippen molar-refractivity contribution < 1.29 is 0 Å². The van der Waals surface area contributed by atoms with Crippen LogP contribution in [0.1, 0.15) is 59.8 Å². The van der Waals surface area contributed by atoms with Crippen molar-refractivity contribution in [3.8, 4) is 0 Å². The summed E-state index contributed by atoms with van der Waals surface area (Å²) in [5, 5.41) is 0. The van der Waals surface area contributed by atoms with Gasteiger partial charge in [0.2, 0.25) is 0 Å². The number of hydrogen-bond donors (Lipinski definition) is 0. The highest BCUT2D eigenvalue weighted by Crippen LogP contribution is 2.45. The van der Waals surface area contributed by atoms with Crippen LogP contribution in [0.2, 0.25) is 0 Å². The van der Waals surface area contributed by atoms with Gasteiger partial charge in [-0.25, -0.2) is 0 Å². The molecule has 0 N–H and O–H groups in total. The second kappa shape index (κ2) is 7.49. The van der Waals surface area contributed by atoms with Crippen molar-refractivity contribution in [3.63, 3.8) is 0 Å². The maximum absolute atomic E-state index is 2.53. The molecule has 0 aliphatic heterocycles. The van der Waals surface area contributed by atoms with E-state index in [4.69, 9.17) is 0 Å². The van der Waals surface area contributed by atoms with E-state index in [9.17, 15) is 0 Å². The van der Waals surface area contributed by atoms with Crippen LogP contribution in [0.25, 0.3) is 0 Å². The topological polar surface area (TPSA) is 0 Å². The molecule has 0 saturated heterocycles. The molecule has 0 radical (unpaired) electrons. The zero-order valence-corrected chi connectivity index (χ0v) is 12.5. The molecule has 1 saturated carbocycles. The highest BCUT2D eigenvalue weighted by Gasteiger charge is 2.15. The van der Waals surface area contributed by atoms with Gasteiger partial charge in [0.05, 0.1) is 0 Å². The first-order valence-electron chi connectivity index (χ1n) is 7.03. The molecule has 0 aromatic heterocycles. The third-order valence-electron chi connectivity index (χ3n) is 3.70. The minimum absolute atomic E-state index is 0.208. The van der Waals surface area contributed by atoms with Gasteiger partial charge in [0, 0.05) is 0 Å². The molecule has 0 heterocycles. The van der Waals surface area contributed by atoms with Crippen LogP contribution < -0.4 is 0 Å². The van der Waals surface area contributed by atoms with E-state index in [1.807, 2.05) is 0 Å². The minimum Gasteiger partial charge on any atom is -0.0976 e. The summed E-state index contributed by atoms with van der Waals surface area (Å²) in [4.78, 5) is 0. The summed E-state index contributed by atoms with van der Waals surface area (Å²) < 4.78 is 0. The van der Waals surface area contributed by atoms with Crippen molar-refractivity contribution in [1.82, 2.24) is 0 Å². The zero-order valence-electron chi connectivity index (χ0n) is 11.6. The smallest absolute Gasteiger partial charge is 0.0140 e. The first kappa shape index (κ1) is 14.2. The van der Waals surface area contributed by atoms with Gasteiger partial charge in [-0.3, -0.25) is 0 Å². The van der Waals surface area contributed by atoms with Crippen LogP contribution >= 0.6 is 7.92 Å². The first-order valence-corrected chi connectivity index (χ1v) is 8.70. The second-order valence-electron chi connectivity index (χ2n) is 5.71. The van der Waals surface area contributed by atoms with Gasteiger partial charge in [-0.1, -0.05) is 67.0 Å². The minimum atomic E-state index is 0.208. The van der Waals surface area contributed by atoms with Crippen LogP contribution in [0.3, 0.4) is 0 Å². The molecule has 0 aromatic carbocycles. The summed E-state index contributed by atoms with van der Waals surface area (Å²) in [6.45, 7) is 9.56. The lowest BCUT2D eigenvalue weighted by Crippen LogP contribution is -2.06. The normalized spacial score (nSPS) is 19.4. The Hall–Kier alpha value is 0.170. The fraction of sp³-hybridized carbons (Fsp3) is 0.867. The molecule has 16 heavy (non-hydrogen) atoms. The van der Waals surface area contributed by atoms with Crippen LogP contribution in [-0.2, 0) is 0 Å². The molecule has 1 aliphatic rings. The molecule has 0 spiro atoms. The Morgan fingerprint density at radius 3 is 2.06 bits per heavy atom. The Bertz CT molecular complexity index is 191. The van der Waals surface area contributed by atoms with Crippen LogP contribution in [0.5, 0.6) is 0 Å². The third kappa shape index (κ3) is 5.00. The molecule has 0 amide bonds. The monoisotopic (exact) mass is 240 g/mol. The van der Waals surface area contributed by atoms with Crippen molar-refractivity contribution in [1.29, 1.82) is 0 Å². The summed E-state index contributed by atoms with van der Waals surface area (Å²) in [6.07, 6.45) is 13.6. The van der Waals surface area contributed by atoms with Crippen molar-refractivity contribution in [2.75, 3.05) is 6.16 Å². The zero-order chi connectivity index (χ0) is 12.0. The molecule has 0 nitrogen and oxygen atoms in total. The molecule has 0 aromatic rings. The van der Waals surface area contributed by atoms with Crippen LogP contribution in [-0.4, -0.2) is 17.5 Å². The SMILES string of the molecule is CC(C)P(CC=CC1CCCCC1)C(C)C. The molecule has 1 rings (SSSR count). The molecular formula is C15H29P. The van der Waals surface area contributed by atoms with Crippen molar-refractivity contribution in [3.05, 3.63) is 12.2 Å². The molecule has 0 atom stereocenters. The highest BCUT2D eigenvalue weighted by molar-refractivity contribution is 7.59. The molecule has 0 bridgehead atoms. The lowest BCUT2D eigenvalue weighted by molar-refractivity contribution is 0.419. The first-order chi connectivity index (χ1) is 7.61. The van der Waals surface area contributed by atoms with Crippen LogP contribution in [0.15, 0.2) is 12.2 Å². The lowest BCUT2D eigenvalue weighted by atomic mass is 9.89. The van der Waals surface area contributed by atoms with E-state index in [1.54, 1.807) is 0 Å². The third-order valence-corrected chi connectivity index (χ3v) is 6.99. The second-order valence-corrected chi connectivity index (χ2v) is 9.17. The highest BCUT2D eigenvalue weighted by atomic mass is 31.1. The van der Waals surface area contributed by atoms with Crippen molar-refractivity contribution in [2.45, 2.75) is 71.1 Å². The summed E-state index contributed by atoms with van der Waals surface area (Å²) >= 11 is 0. The fourth-order valence-electron chi connectivity index (χ4n) is 2.72. The molecular weight excluding hydrogens is 211 g/mol. The van der Waals surface area contributed by atoms with E-state index in [2.05, 4.69) is 39.8 Å². The predicted molar refractivity (Wildman–Crippen MR) is 77.8 cm³/mol. The van der Waals surface area contributed by atoms with E-state index in [0.29, 0.717) is 0 Å². The van der Waals surface area contributed by atoms with E-state index in [0.717, 1.165) is 17.2 Å². The number of rotatable bonds is 5. The van der Waals surface area contributed by atoms with E-state index < -0.39 is 0 Å². The maximum Gasteiger partial charge on any atom is -0.0140 e. The summed E-state index contributed by atoms with van der Waals surface area (Å²) in [7, 11) is 0.208. The fourth-order valence-corrected chi connectivity index (χ4v) is 5.12. The van der Waals surface area contributed by atoms with Gasteiger partial charge in [-0.2, -0.15) is 0 Å². The van der Waals surface area contributed by atoms with Gasteiger partial charge in [0.1, 0.15) is 0 Å². The molecule has 0 unspecified atom stereocenters. The summed E-state index contributed by atoms with van der Waals surface area (Å²) in [5.41, 5.74) is 1.76. The van der Waals surface area contributed by atoms with E-state index in [-0.39, 0.29) is 7.92 Å². The van der Waals surface area contributed by atoms with Crippen molar-refractivity contribution >= 4 is 7.92 Å². The Balaban J connectivity index is 2.32. The quantitative estimate of drug-likeness (QED) is 0.444. The van der Waals surface area contributed by atoms with E-state index in [1.165, 1.54) is 38.3 Å². The largest absolute Gasteiger partial charge is 0.0976 e. The summed E-state index contributed by atoms with van der Waals surface area (Å²) in [6, 6.07) is 0. The van der Waals surface area contributed by atoms with Crippen molar-refractivity contribution in [2.24, 2.45) is 5.92 Å². The van der Waals surface area contributed by atoms with Gasteiger partial charge in [-0.05, 0) is 36.2 Å². The Morgan fingerprint density at radius 1 is 1.00 bits per heavy atom. The van der Waals surface area contributed by atoms with Gasteiger partial charge < -0.3 is 0 Å². The van der Waals surface area contributed by atoms with E-state index >= 15 is 0 Å². The Kier molecular flexibility index (Phi) is 6.66. The average molecular weight is 240 g/mol. The predicted octanol–water partition coefficient (Wildman–Crippen LogP) is 5.42. The number of allylic oxidation sites excluding steroid dienone is 2. The number of hydrogen-bond acceptors (Lipinski definition) is 0. The van der Waals surface area contributed by atoms with Gasteiger partial charge in [0.15, 0.2) is 0 Å².